The second-order valence-electron chi connectivity index (χ2n) is 5.78. The number of thioether (sulfide) groups is 1. The van der Waals surface area contributed by atoms with Crippen molar-refractivity contribution in [3.63, 3.8) is 0 Å². The third kappa shape index (κ3) is 8.13. The van der Waals surface area contributed by atoms with Crippen LogP contribution in [0, 0.1) is 7.43 Å². The van der Waals surface area contributed by atoms with Crippen LogP contribution in [0.3, 0.4) is 0 Å². The topological polar surface area (TPSA) is 60.2 Å². The smallest absolute Gasteiger partial charge is 0.541 e. The van der Waals surface area contributed by atoms with Crippen LogP contribution >= 0.6 is 11.8 Å². The Balaban J connectivity index is 0.00000420. The zero-order chi connectivity index (χ0) is 20.5. The Hall–Kier alpha value is -1.22. The van der Waals surface area contributed by atoms with Gasteiger partial charge < -0.3 is 21.7 Å². The van der Waals surface area contributed by atoms with Crippen molar-refractivity contribution in [3.05, 3.63) is 73.7 Å². The summed E-state index contributed by atoms with van der Waals surface area (Å²) in [6, 6.07) is 15.2. The van der Waals surface area contributed by atoms with Crippen LogP contribution in [0.5, 0.6) is 11.5 Å². The minimum Gasteiger partial charge on any atom is -0.541 e. The average molecular weight is 450 g/mol. The summed E-state index contributed by atoms with van der Waals surface area (Å²) in [4.78, 5) is 19.8. The van der Waals surface area contributed by atoms with Gasteiger partial charge in [0.15, 0.2) is 5.17 Å². The number of allylic oxidation sites excluding steroid dienone is 1. The summed E-state index contributed by atoms with van der Waals surface area (Å²) in [5, 5.41) is 0.116. The fourth-order valence-corrected chi connectivity index (χ4v) is 3.00. The summed E-state index contributed by atoms with van der Waals surface area (Å²) < 4.78 is 10.5. The number of ether oxygens (including phenoxy) is 2. The van der Waals surface area contributed by atoms with E-state index >= 15 is 0 Å². The van der Waals surface area contributed by atoms with Crippen molar-refractivity contribution in [2.45, 2.75) is 12.2 Å². The van der Waals surface area contributed by atoms with Crippen molar-refractivity contribution in [3.8, 4) is 11.5 Å². The van der Waals surface area contributed by atoms with Gasteiger partial charge in [0.05, 0.1) is 19.9 Å². The number of amidine groups is 1. The van der Waals surface area contributed by atoms with Gasteiger partial charge in [-0.15, -0.1) is 11.8 Å². The molecule has 0 saturated heterocycles. The third-order valence-electron chi connectivity index (χ3n) is 3.93. The average Bonchev–Trinajstić information content (AvgIpc) is 2.76. The first kappa shape index (κ1) is 28.8. The summed E-state index contributed by atoms with van der Waals surface area (Å²) >= 11 is 1.25. The first-order valence-electron chi connectivity index (χ1n) is 8.60. The van der Waals surface area contributed by atoms with Crippen molar-refractivity contribution in [1.29, 1.82) is 0 Å². The molecular weight excluding hydrogens is 423 g/mol. The standard InChI is InChI=1S/C22H23N2O3S.CH3.K/c1-15(14-25)28-22(23-3)24-21(18-8-12-20(27-5)13-9-18)16(2)17-6-10-19(26-4)11-7-17;;/h6-13,15H,2H2,1,3-5H3;1H3;/q2*-1;+1/b23-22?,24-21+;;. The molecule has 1 atom stereocenters. The molecule has 0 aliphatic rings. The van der Waals surface area contributed by atoms with Crippen LogP contribution in [0.15, 0.2) is 65.1 Å². The van der Waals surface area contributed by atoms with E-state index < -0.39 is 0 Å². The molecule has 0 spiro atoms. The molecule has 2 aromatic rings. The number of methoxy groups -OCH3 is 2. The monoisotopic (exact) mass is 449 g/mol. The SMILES string of the molecule is C=C(/C(=N\C(=NC)SC(C)[C-]=O)c1ccc(OC)cc1)c1ccc(OC)cc1.[CH3-].[K+]. The van der Waals surface area contributed by atoms with Crippen molar-refractivity contribution < 1.29 is 65.7 Å². The van der Waals surface area contributed by atoms with Crippen LogP contribution in [-0.4, -0.2) is 43.7 Å². The number of aliphatic imine (C=N–C) groups is 2. The molecule has 2 aromatic carbocycles. The molecule has 0 heterocycles. The van der Waals surface area contributed by atoms with Gasteiger partial charge in [-0.25, -0.2) is 4.99 Å². The fourth-order valence-electron chi connectivity index (χ4n) is 2.39. The summed E-state index contributed by atoms with van der Waals surface area (Å²) in [5.41, 5.74) is 3.17. The van der Waals surface area contributed by atoms with Crippen LogP contribution in [-0.2, 0) is 4.79 Å². The van der Waals surface area contributed by atoms with Gasteiger partial charge in [-0.3, -0.25) is 11.3 Å². The minimum atomic E-state index is -0.367. The fraction of sp³-hybridized carbons (Fsp3) is 0.217. The Bertz CT molecular complexity index is 878. The summed E-state index contributed by atoms with van der Waals surface area (Å²) in [6.07, 6.45) is 1.94. The van der Waals surface area contributed by atoms with E-state index in [-0.39, 0.29) is 64.1 Å². The van der Waals surface area contributed by atoms with Gasteiger partial charge in [-0.05, 0) is 42.0 Å². The molecule has 1 unspecified atom stereocenters. The van der Waals surface area contributed by atoms with Gasteiger partial charge in [0.2, 0.25) is 0 Å². The Morgan fingerprint density at radius 1 is 1.00 bits per heavy atom. The molecule has 2 rings (SSSR count). The zero-order valence-corrected chi connectivity index (χ0v) is 22.4. The van der Waals surface area contributed by atoms with Gasteiger partial charge in [0.25, 0.3) is 0 Å². The third-order valence-corrected chi connectivity index (χ3v) is 4.87. The summed E-state index contributed by atoms with van der Waals surface area (Å²) in [6.45, 7) is 6.00. The predicted octanol–water partition coefficient (Wildman–Crippen LogP) is 1.88. The first-order valence-corrected chi connectivity index (χ1v) is 9.48. The van der Waals surface area contributed by atoms with E-state index in [1.54, 1.807) is 28.2 Å². The van der Waals surface area contributed by atoms with Crippen molar-refractivity contribution in [2.75, 3.05) is 21.3 Å². The molecule has 7 heteroatoms. The molecule has 0 N–H and O–H groups in total. The normalized spacial score (nSPS) is 12.1. The first-order chi connectivity index (χ1) is 13.5. The largest absolute Gasteiger partial charge is 1.00 e. The molecule has 0 amide bonds. The van der Waals surface area contributed by atoms with Crippen LogP contribution in [0.2, 0.25) is 0 Å². The maximum absolute atomic E-state index is 10.9. The maximum Gasteiger partial charge on any atom is 1.00 e. The number of rotatable bonds is 7. The van der Waals surface area contributed by atoms with Gasteiger partial charge in [0.1, 0.15) is 11.5 Å². The maximum atomic E-state index is 10.9. The van der Waals surface area contributed by atoms with Crippen LogP contribution < -0.4 is 60.9 Å². The number of benzene rings is 2. The van der Waals surface area contributed by atoms with Crippen LogP contribution in [0.4, 0.5) is 0 Å². The second-order valence-corrected chi connectivity index (χ2v) is 7.09. The molecule has 0 aliphatic carbocycles. The summed E-state index contributed by atoms with van der Waals surface area (Å²) in [5.74, 6) is 1.52. The van der Waals surface area contributed by atoms with E-state index in [1.807, 2.05) is 54.8 Å². The van der Waals surface area contributed by atoms with Gasteiger partial charge in [-0.2, -0.15) is 0 Å². The zero-order valence-electron chi connectivity index (χ0n) is 18.4. The van der Waals surface area contributed by atoms with Crippen LogP contribution in [0.1, 0.15) is 18.1 Å². The van der Waals surface area contributed by atoms with Crippen LogP contribution in [0.25, 0.3) is 5.57 Å². The van der Waals surface area contributed by atoms with E-state index in [0.717, 1.165) is 28.2 Å². The molecular formula is C23H26KN2O3S-. The molecule has 0 radical (unpaired) electrons. The number of hydrogen-bond donors (Lipinski definition) is 0. The van der Waals surface area contributed by atoms with Crippen molar-refractivity contribution >= 4 is 34.5 Å². The molecule has 0 saturated carbocycles. The number of nitrogens with zero attached hydrogens (tertiary/aromatic N) is 2. The Labute approximate surface area is 226 Å². The van der Waals surface area contributed by atoms with E-state index in [9.17, 15) is 4.79 Å². The molecule has 5 nitrogen and oxygen atoms in total. The predicted molar refractivity (Wildman–Crippen MR) is 124 cm³/mol. The molecule has 154 valence electrons. The Kier molecular flexibility index (Phi) is 14.1. The molecule has 0 aromatic heterocycles. The van der Waals surface area contributed by atoms with Gasteiger partial charge in [0, 0.05) is 18.2 Å². The van der Waals surface area contributed by atoms with Crippen molar-refractivity contribution in [2.24, 2.45) is 9.98 Å². The van der Waals surface area contributed by atoms with E-state index in [4.69, 9.17) is 14.5 Å². The Morgan fingerprint density at radius 3 is 1.87 bits per heavy atom. The second kappa shape index (κ2) is 14.7. The van der Waals surface area contributed by atoms with Gasteiger partial charge in [-0.1, -0.05) is 30.9 Å². The molecule has 0 fully saturated rings. The summed E-state index contributed by atoms with van der Waals surface area (Å²) in [7, 11) is 4.89. The number of hydrogen-bond acceptors (Lipinski definition) is 5. The Morgan fingerprint density at radius 2 is 1.47 bits per heavy atom. The minimum absolute atomic E-state index is 0. The van der Waals surface area contributed by atoms with E-state index in [0.29, 0.717) is 10.9 Å². The van der Waals surface area contributed by atoms with E-state index in [1.165, 1.54) is 11.8 Å². The molecule has 0 aliphatic heterocycles. The quantitative estimate of drug-likeness (QED) is 0.280. The number of carbonyl (C=O) groups excluding carboxylic acids is 1. The van der Waals surface area contributed by atoms with Gasteiger partial charge >= 0.3 is 51.4 Å². The molecule has 0 bridgehead atoms. The molecule has 30 heavy (non-hydrogen) atoms. The van der Waals surface area contributed by atoms with Crippen molar-refractivity contribution in [1.82, 2.24) is 0 Å². The van der Waals surface area contributed by atoms with E-state index in [2.05, 4.69) is 11.6 Å².